The Morgan fingerprint density at radius 2 is 2.00 bits per heavy atom. The van der Waals surface area contributed by atoms with Gasteiger partial charge in [0, 0.05) is 29.0 Å². The predicted octanol–water partition coefficient (Wildman–Crippen LogP) is 3.72. The van der Waals surface area contributed by atoms with E-state index in [1.54, 1.807) is 17.4 Å². The number of hydrogen-bond acceptors (Lipinski definition) is 5. The Balaban J connectivity index is 1.32. The van der Waals surface area contributed by atoms with Crippen LogP contribution < -0.4 is 10.9 Å². The number of rotatable bonds is 4. The number of amides is 1. The number of benzene rings is 2. The number of carbonyl (C=O) groups is 1. The van der Waals surface area contributed by atoms with Crippen molar-refractivity contribution >= 4 is 38.8 Å². The van der Waals surface area contributed by atoms with E-state index in [1.165, 1.54) is 10.9 Å². The van der Waals surface area contributed by atoms with E-state index < -0.39 is 0 Å². The number of thiazole rings is 1. The second kappa shape index (κ2) is 7.23. The number of para-hydroxylation sites is 1. The molecule has 3 aromatic heterocycles. The maximum atomic E-state index is 12.7. The number of nitrogens with zero attached hydrogens (tertiary/aromatic N) is 4. The SMILES string of the molecule is Cc1cccc2c(=O)n(CC(=O)Nc3ccc(-c4cn5ccsc5n4)cc3)cnc12. The molecule has 3 heterocycles. The normalized spacial score (nSPS) is 11.2. The summed E-state index contributed by atoms with van der Waals surface area (Å²) in [6.45, 7) is 1.80. The largest absolute Gasteiger partial charge is 0.325 e. The number of anilines is 1. The Kier molecular flexibility index (Phi) is 4.40. The van der Waals surface area contributed by atoms with Crippen LogP contribution in [-0.2, 0) is 11.3 Å². The number of nitrogens with one attached hydrogen (secondary N) is 1. The third-order valence-corrected chi connectivity index (χ3v) is 5.70. The van der Waals surface area contributed by atoms with Crippen LogP contribution >= 0.6 is 11.3 Å². The zero-order chi connectivity index (χ0) is 20.7. The first-order valence-corrected chi connectivity index (χ1v) is 10.2. The van der Waals surface area contributed by atoms with Crippen LogP contribution in [0.5, 0.6) is 0 Å². The minimum Gasteiger partial charge on any atom is -0.325 e. The predicted molar refractivity (Wildman–Crippen MR) is 118 cm³/mol. The van der Waals surface area contributed by atoms with Gasteiger partial charge in [0.2, 0.25) is 5.91 Å². The number of aromatic nitrogens is 4. The first-order chi connectivity index (χ1) is 14.6. The monoisotopic (exact) mass is 415 g/mol. The van der Waals surface area contributed by atoms with Crippen LogP contribution in [0.4, 0.5) is 5.69 Å². The van der Waals surface area contributed by atoms with Crippen LogP contribution in [0.15, 0.2) is 71.4 Å². The fourth-order valence-corrected chi connectivity index (χ4v) is 4.10. The molecule has 0 atom stereocenters. The molecule has 0 aliphatic rings. The smallest absolute Gasteiger partial charge is 0.261 e. The van der Waals surface area contributed by atoms with Crippen LogP contribution in [0.1, 0.15) is 5.56 Å². The first-order valence-electron chi connectivity index (χ1n) is 9.36. The molecule has 0 saturated heterocycles. The second-order valence-corrected chi connectivity index (χ2v) is 7.87. The number of aryl methyl sites for hydroxylation is 1. The molecule has 0 unspecified atom stereocenters. The molecular formula is C22H17N5O2S. The molecule has 0 fully saturated rings. The van der Waals surface area contributed by atoms with Gasteiger partial charge in [-0.2, -0.15) is 0 Å². The quantitative estimate of drug-likeness (QED) is 0.485. The van der Waals surface area contributed by atoms with E-state index in [2.05, 4.69) is 15.3 Å². The summed E-state index contributed by atoms with van der Waals surface area (Å²) in [5.41, 5.74) is 3.86. The highest BCUT2D eigenvalue weighted by molar-refractivity contribution is 7.15. The van der Waals surface area contributed by atoms with Gasteiger partial charge in [0.05, 0.1) is 22.9 Å². The van der Waals surface area contributed by atoms with Crippen LogP contribution in [0.3, 0.4) is 0 Å². The van der Waals surface area contributed by atoms with Crippen LogP contribution in [0.2, 0.25) is 0 Å². The van der Waals surface area contributed by atoms with Gasteiger partial charge in [-0.05, 0) is 30.7 Å². The van der Waals surface area contributed by atoms with Crippen LogP contribution in [0, 0.1) is 6.92 Å². The Labute approximate surface area is 175 Å². The van der Waals surface area contributed by atoms with Gasteiger partial charge >= 0.3 is 0 Å². The summed E-state index contributed by atoms with van der Waals surface area (Å²) in [7, 11) is 0. The highest BCUT2D eigenvalue weighted by atomic mass is 32.1. The van der Waals surface area contributed by atoms with Crippen molar-refractivity contribution in [3.8, 4) is 11.3 Å². The molecule has 0 saturated carbocycles. The summed E-state index contributed by atoms with van der Waals surface area (Å²) in [6, 6.07) is 12.9. The highest BCUT2D eigenvalue weighted by Gasteiger charge is 2.10. The minimum absolute atomic E-state index is 0.102. The van der Waals surface area contributed by atoms with Crippen LogP contribution in [0.25, 0.3) is 27.1 Å². The molecule has 0 radical (unpaired) electrons. The van der Waals surface area contributed by atoms with Gasteiger partial charge in [0.1, 0.15) is 6.54 Å². The van der Waals surface area contributed by atoms with Crippen molar-refractivity contribution in [1.82, 2.24) is 18.9 Å². The zero-order valence-corrected chi connectivity index (χ0v) is 16.9. The molecule has 30 heavy (non-hydrogen) atoms. The van der Waals surface area contributed by atoms with E-state index in [4.69, 9.17) is 0 Å². The van der Waals surface area contributed by atoms with Crippen molar-refractivity contribution in [3.05, 3.63) is 82.5 Å². The maximum Gasteiger partial charge on any atom is 0.261 e. The summed E-state index contributed by atoms with van der Waals surface area (Å²) < 4.78 is 3.30. The number of hydrogen-bond donors (Lipinski definition) is 1. The molecule has 0 aliphatic heterocycles. The number of fused-ring (bicyclic) bond motifs is 2. The lowest BCUT2D eigenvalue weighted by Gasteiger charge is -2.09. The summed E-state index contributed by atoms with van der Waals surface area (Å²) in [6.07, 6.45) is 5.36. The topological polar surface area (TPSA) is 81.3 Å². The van der Waals surface area contributed by atoms with Gasteiger partial charge in [-0.1, -0.05) is 24.3 Å². The van der Waals surface area contributed by atoms with Gasteiger partial charge in [0.15, 0.2) is 4.96 Å². The van der Waals surface area contributed by atoms with Crippen molar-refractivity contribution in [2.75, 3.05) is 5.32 Å². The van der Waals surface area contributed by atoms with E-state index in [9.17, 15) is 9.59 Å². The maximum absolute atomic E-state index is 12.7. The lowest BCUT2D eigenvalue weighted by molar-refractivity contribution is -0.116. The molecule has 5 rings (SSSR count). The lowest BCUT2D eigenvalue weighted by Crippen LogP contribution is -2.28. The molecular weight excluding hydrogens is 398 g/mol. The molecule has 5 aromatic rings. The molecule has 0 spiro atoms. The number of carbonyl (C=O) groups excluding carboxylic acids is 1. The van der Waals surface area contributed by atoms with Gasteiger partial charge < -0.3 is 5.32 Å². The Hall–Kier alpha value is -3.78. The van der Waals surface area contributed by atoms with Crippen molar-refractivity contribution in [1.29, 1.82) is 0 Å². The van der Waals surface area contributed by atoms with E-state index in [0.29, 0.717) is 16.6 Å². The zero-order valence-electron chi connectivity index (χ0n) is 16.1. The fraction of sp³-hybridized carbons (Fsp3) is 0.0909. The van der Waals surface area contributed by atoms with Gasteiger partial charge in [-0.25, -0.2) is 9.97 Å². The van der Waals surface area contributed by atoms with Crippen molar-refractivity contribution in [2.45, 2.75) is 13.5 Å². The summed E-state index contributed by atoms with van der Waals surface area (Å²) >= 11 is 1.58. The molecule has 8 heteroatoms. The summed E-state index contributed by atoms with van der Waals surface area (Å²) in [4.78, 5) is 35.0. The van der Waals surface area contributed by atoms with Crippen LogP contribution in [-0.4, -0.2) is 24.8 Å². The van der Waals surface area contributed by atoms with E-state index in [1.807, 2.05) is 65.5 Å². The average molecular weight is 415 g/mol. The average Bonchev–Trinajstić information content (AvgIpc) is 3.33. The third-order valence-electron chi connectivity index (χ3n) is 4.93. The molecule has 0 bridgehead atoms. The standard InChI is InChI=1S/C22H17N5O2S/c1-14-3-2-4-17-20(14)23-13-27(21(17)29)12-19(28)24-16-7-5-15(6-8-16)18-11-26-9-10-30-22(26)25-18/h2-11,13H,12H2,1H3,(H,24,28). The van der Waals surface area contributed by atoms with Crippen molar-refractivity contribution in [2.24, 2.45) is 0 Å². The van der Waals surface area contributed by atoms with E-state index in [0.717, 1.165) is 21.8 Å². The molecule has 0 aliphatic carbocycles. The molecule has 2 aromatic carbocycles. The van der Waals surface area contributed by atoms with Crippen molar-refractivity contribution in [3.63, 3.8) is 0 Å². The number of imidazole rings is 1. The van der Waals surface area contributed by atoms with E-state index in [-0.39, 0.29) is 18.0 Å². The molecule has 1 amide bonds. The Morgan fingerprint density at radius 1 is 1.17 bits per heavy atom. The highest BCUT2D eigenvalue weighted by Crippen LogP contribution is 2.23. The fourth-order valence-electron chi connectivity index (χ4n) is 3.40. The van der Waals surface area contributed by atoms with Gasteiger partial charge in [-0.3, -0.25) is 18.6 Å². The summed E-state index contributed by atoms with van der Waals surface area (Å²) in [5.74, 6) is -0.291. The second-order valence-electron chi connectivity index (χ2n) is 6.99. The first kappa shape index (κ1) is 18.3. The van der Waals surface area contributed by atoms with Gasteiger partial charge in [-0.15, -0.1) is 11.3 Å². The van der Waals surface area contributed by atoms with Gasteiger partial charge in [0.25, 0.3) is 5.56 Å². The third kappa shape index (κ3) is 3.27. The van der Waals surface area contributed by atoms with Crippen molar-refractivity contribution < 1.29 is 4.79 Å². The molecule has 148 valence electrons. The molecule has 1 N–H and O–H groups in total. The molecule has 7 nitrogen and oxygen atoms in total. The van der Waals surface area contributed by atoms with E-state index >= 15 is 0 Å². The Morgan fingerprint density at radius 3 is 2.80 bits per heavy atom. The summed E-state index contributed by atoms with van der Waals surface area (Å²) in [5, 5.41) is 5.32. The minimum atomic E-state index is -0.291. The Bertz CT molecular complexity index is 1420. The lowest BCUT2D eigenvalue weighted by atomic mass is 10.1.